The number of rotatable bonds is 4. The van der Waals surface area contributed by atoms with E-state index in [1.807, 2.05) is 6.07 Å². The molecule has 0 bridgehead atoms. The highest BCUT2D eigenvalue weighted by atomic mass is 35.5. The molecule has 0 N–H and O–H groups in total. The number of piperazine rings is 1. The number of alkyl halides is 3. The smallest absolute Gasteiger partial charge is 0.378 e. The van der Waals surface area contributed by atoms with Crippen LogP contribution < -0.4 is 14.7 Å². The minimum absolute atomic E-state index is 0.0398. The first-order valence-electron chi connectivity index (χ1n) is 11.2. The summed E-state index contributed by atoms with van der Waals surface area (Å²) in [6.07, 6.45) is 0.183. The van der Waals surface area contributed by atoms with Crippen LogP contribution in [-0.2, 0) is 10.9 Å². The zero-order chi connectivity index (χ0) is 24.4. The van der Waals surface area contributed by atoms with Crippen LogP contribution in [0, 0.1) is 0 Å². The molecule has 0 spiro atoms. The van der Waals surface area contributed by atoms with E-state index in [1.165, 1.54) is 12.3 Å². The van der Waals surface area contributed by atoms with Crippen molar-refractivity contribution < 1.29 is 17.9 Å². The van der Waals surface area contributed by atoms with Crippen LogP contribution in [-0.4, -0.2) is 72.4 Å². The zero-order valence-electron chi connectivity index (χ0n) is 18.7. The molecular formula is C23H23ClF3N7O. The van der Waals surface area contributed by atoms with E-state index in [0.717, 1.165) is 11.6 Å². The lowest BCUT2D eigenvalue weighted by Gasteiger charge is -2.37. The predicted octanol–water partition coefficient (Wildman–Crippen LogP) is 3.77. The summed E-state index contributed by atoms with van der Waals surface area (Å²) in [5.74, 6) is 1.24. The van der Waals surface area contributed by atoms with E-state index in [9.17, 15) is 13.2 Å². The van der Waals surface area contributed by atoms with Gasteiger partial charge in [-0.2, -0.15) is 18.2 Å². The summed E-state index contributed by atoms with van der Waals surface area (Å²) in [5.41, 5.74) is 0.719. The van der Waals surface area contributed by atoms with Crippen molar-refractivity contribution >= 4 is 29.2 Å². The lowest BCUT2D eigenvalue weighted by Crippen LogP contribution is -2.48. The quantitative estimate of drug-likeness (QED) is 0.531. The van der Waals surface area contributed by atoms with E-state index >= 15 is 0 Å². The molecule has 2 saturated heterocycles. The van der Waals surface area contributed by atoms with Gasteiger partial charge in [0.2, 0.25) is 5.95 Å². The number of morpholine rings is 1. The van der Waals surface area contributed by atoms with Crippen molar-refractivity contribution in [2.75, 3.05) is 67.2 Å². The Hall–Kier alpha value is -3.18. The molecule has 3 aromatic heterocycles. The van der Waals surface area contributed by atoms with Crippen molar-refractivity contribution in [2.24, 2.45) is 0 Å². The molecule has 0 aromatic carbocycles. The Bertz CT molecular complexity index is 1180. The van der Waals surface area contributed by atoms with Crippen LogP contribution >= 0.6 is 11.6 Å². The number of aromatic nitrogens is 4. The zero-order valence-corrected chi connectivity index (χ0v) is 19.5. The molecule has 5 rings (SSSR count). The molecule has 8 nitrogen and oxygen atoms in total. The van der Waals surface area contributed by atoms with E-state index in [2.05, 4.69) is 19.8 Å². The molecule has 0 aliphatic carbocycles. The summed E-state index contributed by atoms with van der Waals surface area (Å²) in [6.45, 7) is 4.25. The second-order valence-corrected chi connectivity index (χ2v) is 8.69. The monoisotopic (exact) mass is 505 g/mol. The van der Waals surface area contributed by atoms with Crippen LogP contribution in [0.4, 0.5) is 30.8 Å². The predicted molar refractivity (Wildman–Crippen MR) is 127 cm³/mol. The van der Waals surface area contributed by atoms with Crippen molar-refractivity contribution in [3.05, 3.63) is 53.4 Å². The minimum Gasteiger partial charge on any atom is -0.378 e. The number of ether oxygens (including phenoxy) is 1. The highest BCUT2D eigenvalue weighted by Gasteiger charge is 2.36. The fourth-order valence-electron chi connectivity index (χ4n) is 4.21. The Morgan fingerprint density at radius 3 is 2.34 bits per heavy atom. The molecule has 35 heavy (non-hydrogen) atoms. The summed E-state index contributed by atoms with van der Waals surface area (Å²) < 4.78 is 45.9. The Labute approximate surface area is 205 Å². The normalized spacial score (nSPS) is 17.1. The van der Waals surface area contributed by atoms with Gasteiger partial charge in [-0.25, -0.2) is 9.97 Å². The largest absolute Gasteiger partial charge is 0.419 e. The number of pyridine rings is 2. The first-order valence-corrected chi connectivity index (χ1v) is 11.6. The van der Waals surface area contributed by atoms with Gasteiger partial charge in [0.05, 0.1) is 29.5 Å². The Morgan fingerprint density at radius 2 is 1.63 bits per heavy atom. The highest BCUT2D eigenvalue weighted by Crippen LogP contribution is 2.36. The molecular weight excluding hydrogens is 483 g/mol. The average molecular weight is 506 g/mol. The number of hydrogen-bond donors (Lipinski definition) is 0. The van der Waals surface area contributed by atoms with Gasteiger partial charge in [-0.05, 0) is 18.2 Å². The third-order valence-corrected chi connectivity index (χ3v) is 6.20. The van der Waals surface area contributed by atoms with Crippen molar-refractivity contribution in [3.63, 3.8) is 0 Å². The molecule has 2 fully saturated rings. The Kier molecular flexibility index (Phi) is 6.61. The number of nitrogens with zero attached hydrogens (tertiary/aromatic N) is 7. The molecule has 5 heterocycles. The van der Waals surface area contributed by atoms with E-state index in [0.29, 0.717) is 75.0 Å². The van der Waals surface area contributed by atoms with Crippen LogP contribution in [0.3, 0.4) is 0 Å². The van der Waals surface area contributed by atoms with Gasteiger partial charge in [-0.1, -0.05) is 11.6 Å². The molecule has 3 aromatic rings. The van der Waals surface area contributed by atoms with Crippen LogP contribution in [0.5, 0.6) is 0 Å². The van der Waals surface area contributed by atoms with Crippen LogP contribution in [0.25, 0.3) is 11.3 Å². The molecule has 0 radical (unpaired) electrons. The second kappa shape index (κ2) is 9.82. The topological polar surface area (TPSA) is 70.5 Å². The van der Waals surface area contributed by atoms with Gasteiger partial charge in [0.15, 0.2) is 0 Å². The third-order valence-electron chi connectivity index (χ3n) is 5.99. The van der Waals surface area contributed by atoms with Gasteiger partial charge in [-0.15, -0.1) is 0 Å². The molecule has 0 amide bonds. The fourth-order valence-corrected chi connectivity index (χ4v) is 4.38. The van der Waals surface area contributed by atoms with Gasteiger partial charge in [0.25, 0.3) is 0 Å². The van der Waals surface area contributed by atoms with E-state index < -0.39 is 11.7 Å². The number of hydrogen-bond acceptors (Lipinski definition) is 8. The standard InChI is InChI=1S/C23H23ClF3N7O/c24-17-12-16(14-28-15-17)19-13-20(31-22(30-19)34-8-10-35-11-9-34)32-4-6-33(7-5-32)21-18(23(25,26)27)2-1-3-29-21/h1-3,12-15H,4-11H2. The average Bonchev–Trinajstić information content (AvgIpc) is 2.88. The molecule has 0 atom stereocenters. The Morgan fingerprint density at radius 1 is 0.886 bits per heavy atom. The van der Waals surface area contributed by atoms with Gasteiger partial charge >= 0.3 is 6.18 Å². The number of halogens is 4. The number of anilines is 3. The lowest BCUT2D eigenvalue weighted by atomic mass is 10.2. The SMILES string of the molecule is FC(F)(F)c1cccnc1N1CCN(c2cc(-c3cncc(Cl)c3)nc(N3CCOCC3)n2)CC1. The Balaban J connectivity index is 1.42. The van der Waals surface area contributed by atoms with Gasteiger partial charge in [0, 0.05) is 69.5 Å². The summed E-state index contributed by atoms with van der Waals surface area (Å²) in [5, 5.41) is 0.500. The van der Waals surface area contributed by atoms with Crippen molar-refractivity contribution in [1.82, 2.24) is 19.9 Å². The third kappa shape index (κ3) is 5.25. The van der Waals surface area contributed by atoms with Crippen LogP contribution in [0.1, 0.15) is 5.56 Å². The van der Waals surface area contributed by atoms with Crippen LogP contribution in [0.15, 0.2) is 42.9 Å². The summed E-state index contributed by atoms with van der Waals surface area (Å²) in [7, 11) is 0. The van der Waals surface area contributed by atoms with Gasteiger partial charge in [0.1, 0.15) is 11.6 Å². The van der Waals surface area contributed by atoms with Crippen molar-refractivity contribution in [2.45, 2.75) is 6.18 Å². The van der Waals surface area contributed by atoms with E-state index in [-0.39, 0.29) is 5.82 Å². The van der Waals surface area contributed by atoms with Crippen molar-refractivity contribution in [3.8, 4) is 11.3 Å². The molecule has 2 aliphatic rings. The molecule has 184 valence electrons. The van der Waals surface area contributed by atoms with Crippen molar-refractivity contribution in [1.29, 1.82) is 0 Å². The molecule has 0 saturated carbocycles. The summed E-state index contributed by atoms with van der Waals surface area (Å²) >= 11 is 6.16. The summed E-state index contributed by atoms with van der Waals surface area (Å²) in [6, 6.07) is 6.04. The lowest BCUT2D eigenvalue weighted by molar-refractivity contribution is -0.137. The molecule has 0 unspecified atom stereocenters. The first-order chi connectivity index (χ1) is 16.9. The molecule has 2 aliphatic heterocycles. The maximum absolute atomic E-state index is 13.5. The maximum atomic E-state index is 13.5. The first kappa shape index (κ1) is 23.6. The molecule has 12 heteroatoms. The highest BCUT2D eigenvalue weighted by molar-refractivity contribution is 6.30. The maximum Gasteiger partial charge on any atom is 0.419 e. The van der Waals surface area contributed by atoms with Crippen LogP contribution in [0.2, 0.25) is 5.02 Å². The van der Waals surface area contributed by atoms with Gasteiger partial charge < -0.3 is 19.4 Å². The minimum atomic E-state index is -4.46. The van der Waals surface area contributed by atoms with Gasteiger partial charge in [-0.3, -0.25) is 4.98 Å². The van der Waals surface area contributed by atoms with E-state index in [4.69, 9.17) is 26.3 Å². The summed E-state index contributed by atoms with van der Waals surface area (Å²) in [4.78, 5) is 23.5. The van der Waals surface area contributed by atoms with E-state index in [1.54, 1.807) is 23.4 Å². The fraction of sp³-hybridized carbons (Fsp3) is 0.391. The second-order valence-electron chi connectivity index (χ2n) is 8.25.